The van der Waals surface area contributed by atoms with Crippen molar-refractivity contribution in [2.45, 2.75) is 26.4 Å². The van der Waals surface area contributed by atoms with Gasteiger partial charge in [0.2, 0.25) is 0 Å². The van der Waals surface area contributed by atoms with E-state index in [1.54, 1.807) is 6.07 Å². The van der Waals surface area contributed by atoms with Crippen LogP contribution in [0.2, 0.25) is 0 Å². The van der Waals surface area contributed by atoms with Crippen LogP contribution in [0.3, 0.4) is 0 Å². The van der Waals surface area contributed by atoms with Crippen LogP contribution in [0.1, 0.15) is 34.5 Å². The predicted molar refractivity (Wildman–Crippen MR) is 120 cm³/mol. The van der Waals surface area contributed by atoms with Crippen LogP contribution >= 0.6 is 0 Å². The molecule has 0 saturated heterocycles. The van der Waals surface area contributed by atoms with E-state index in [2.05, 4.69) is 20.4 Å². The van der Waals surface area contributed by atoms with E-state index in [-0.39, 0.29) is 23.9 Å². The van der Waals surface area contributed by atoms with Gasteiger partial charge in [0, 0.05) is 18.2 Å². The zero-order valence-corrected chi connectivity index (χ0v) is 17.7. The number of ether oxygens (including phenoxy) is 1. The summed E-state index contributed by atoms with van der Waals surface area (Å²) in [5, 5.41) is 5.97. The molecular weight excluding hydrogens is 406 g/mol. The lowest BCUT2D eigenvalue weighted by Crippen LogP contribution is -2.27. The van der Waals surface area contributed by atoms with Gasteiger partial charge < -0.3 is 10.1 Å². The van der Waals surface area contributed by atoms with E-state index < -0.39 is 0 Å². The maximum atomic E-state index is 12.7. The summed E-state index contributed by atoms with van der Waals surface area (Å²) in [5.41, 5.74) is 2.36. The van der Waals surface area contributed by atoms with Crippen LogP contribution in [0.25, 0.3) is 17.2 Å². The van der Waals surface area contributed by atoms with Gasteiger partial charge in [-0.1, -0.05) is 42.5 Å². The Kier molecular flexibility index (Phi) is 5.18. The van der Waals surface area contributed by atoms with Gasteiger partial charge in [-0.05, 0) is 37.3 Å². The third kappa shape index (κ3) is 4.12. The number of hydrogen-bond acceptors (Lipinski definition) is 5. The fourth-order valence-corrected chi connectivity index (χ4v) is 3.58. The van der Waals surface area contributed by atoms with Crippen molar-refractivity contribution in [1.82, 2.24) is 24.9 Å². The molecule has 2 heterocycles. The molecule has 4 aromatic rings. The molecule has 2 aromatic carbocycles. The highest BCUT2D eigenvalue weighted by molar-refractivity contribution is 5.98. The number of hydrogen-bond donors (Lipinski definition) is 2. The Bertz CT molecular complexity index is 1340. The molecular formula is C24H23N5O3. The summed E-state index contributed by atoms with van der Waals surface area (Å²) in [7, 11) is 0. The third-order valence-corrected chi connectivity index (χ3v) is 5.52. The number of aromatic nitrogens is 4. The van der Waals surface area contributed by atoms with Crippen molar-refractivity contribution >= 4 is 11.7 Å². The number of benzene rings is 2. The Hall–Kier alpha value is -3.94. The van der Waals surface area contributed by atoms with Crippen LogP contribution in [-0.4, -0.2) is 32.0 Å². The molecule has 5 rings (SSSR count). The minimum atomic E-state index is -0.282. The molecule has 0 bridgehead atoms. The highest BCUT2D eigenvalue weighted by Crippen LogP contribution is 2.28. The monoisotopic (exact) mass is 429 g/mol. The standard InChI is InChI=1S/C24H23N5O3/c1-15-6-5-9-19(21(15)23(31)25-13-16-10-11-16)32-14-18-12-20(30)29-24(26-18)27-22(28-29)17-7-3-2-4-8-17/h2-9,12,16H,10-11,13-14H2,1H3,(H,25,31)(H,26,27,28). The van der Waals surface area contributed by atoms with Crippen molar-refractivity contribution in [3.63, 3.8) is 0 Å². The van der Waals surface area contributed by atoms with Crippen LogP contribution in [0, 0.1) is 12.8 Å². The van der Waals surface area contributed by atoms with Gasteiger partial charge in [-0.3, -0.25) is 14.7 Å². The van der Waals surface area contributed by atoms with Crippen molar-refractivity contribution in [2.75, 3.05) is 6.54 Å². The molecule has 32 heavy (non-hydrogen) atoms. The number of nitrogens with zero attached hydrogens (tertiary/aromatic N) is 3. The predicted octanol–water partition coefficient (Wildman–Crippen LogP) is 3.11. The number of aryl methyl sites for hydroxylation is 1. The molecule has 1 saturated carbocycles. The first kappa shape index (κ1) is 20.0. The lowest BCUT2D eigenvalue weighted by Gasteiger charge is -2.13. The van der Waals surface area contributed by atoms with Crippen LogP contribution < -0.4 is 15.6 Å². The van der Waals surface area contributed by atoms with Crippen molar-refractivity contribution in [2.24, 2.45) is 5.92 Å². The molecule has 0 spiro atoms. The Morgan fingerprint density at radius 2 is 1.97 bits per heavy atom. The van der Waals surface area contributed by atoms with Crippen molar-refractivity contribution in [3.8, 4) is 17.1 Å². The first-order valence-electron chi connectivity index (χ1n) is 10.6. The number of fused-ring (bicyclic) bond motifs is 1. The molecule has 0 radical (unpaired) electrons. The molecule has 0 unspecified atom stereocenters. The fraction of sp³-hybridized carbons (Fsp3) is 0.250. The van der Waals surface area contributed by atoms with Crippen molar-refractivity contribution < 1.29 is 9.53 Å². The van der Waals surface area contributed by atoms with E-state index in [0.717, 1.165) is 11.1 Å². The zero-order valence-electron chi connectivity index (χ0n) is 17.7. The maximum Gasteiger partial charge on any atom is 0.274 e. The highest BCUT2D eigenvalue weighted by atomic mass is 16.5. The van der Waals surface area contributed by atoms with Gasteiger partial charge in [-0.15, -0.1) is 0 Å². The molecule has 1 fully saturated rings. The molecule has 2 aromatic heterocycles. The van der Waals surface area contributed by atoms with Crippen LogP contribution in [0.4, 0.5) is 0 Å². The topological polar surface area (TPSA) is 101 Å². The van der Waals surface area contributed by atoms with E-state index in [9.17, 15) is 9.59 Å². The molecule has 0 aliphatic heterocycles. The molecule has 2 N–H and O–H groups in total. The Morgan fingerprint density at radius 1 is 1.16 bits per heavy atom. The largest absolute Gasteiger partial charge is 0.486 e. The average molecular weight is 429 g/mol. The Labute approximate surface area is 184 Å². The Morgan fingerprint density at radius 3 is 2.75 bits per heavy atom. The number of amides is 1. The van der Waals surface area contributed by atoms with E-state index >= 15 is 0 Å². The number of H-pyrrole nitrogens is 1. The van der Waals surface area contributed by atoms with E-state index in [4.69, 9.17) is 4.74 Å². The van der Waals surface area contributed by atoms with Gasteiger partial charge in [-0.2, -0.15) is 9.50 Å². The summed E-state index contributed by atoms with van der Waals surface area (Å²) in [4.78, 5) is 34.2. The number of aromatic amines is 1. The summed E-state index contributed by atoms with van der Waals surface area (Å²) in [6.07, 6.45) is 2.33. The summed E-state index contributed by atoms with van der Waals surface area (Å²) >= 11 is 0. The van der Waals surface area contributed by atoms with Gasteiger partial charge in [0.15, 0.2) is 5.82 Å². The van der Waals surface area contributed by atoms with Crippen LogP contribution in [0.5, 0.6) is 5.75 Å². The van der Waals surface area contributed by atoms with Gasteiger partial charge in [-0.25, -0.2) is 4.98 Å². The number of carbonyl (C=O) groups excluding carboxylic acids is 1. The number of carbonyl (C=O) groups is 1. The first-order valence-corrected chi connectivity index (χ1v) is 10.6. The maximum absolute atomic E-state index is 12.7. The van der Waals surface area contributed by atoms with Gasteiger partial charge in [0.1, 0.15) is 12.4 Å². The number of rotatable bonds is 7. The molecule has 162 valence electrons. The SMILES string of the molecule is Cc1cccc(OCc2cc(=O)n3[nH]c(-c4ccccc4)nc3n2)c1C(=O)NCC1CC1. The van der Waals surface area contributed by atoms with E-state index in [1.165, 1.54) is 23.4 Å². The molecule has 1 aliphatic carbocycles. The second-order valence-corrected chi connectivity index (χ2v) is 8.05. The molecule has 1 aliphatic rings. The first-order chi connectivity index (χ1) is 15.6. The van der Waals surface area contributed by atoms with Gasteiger partial charge in [0.05, 0.1) is 11.3 Å². The average Bonchev–Trinajstić information content (AvgIpc) is 3.53. The minimum absolute atomic E-state index is 0.0473. The van der Waals surface area contributed by atoms with E-state index in [0.29, 0.717) is 35.3 Å². The summed E-state index contributed by atoms with van der Waals surface area (Å²) in [6, 6.07) is 16.4. The van der Waals surface area contributed by atoms with Crippen molar-refractivity contribution in [3.05, 3.63) is 81.8 Å². The highest BCUT2D eigenvalue weighted by Gasteiger charge is 2.23. The third-order valence-electron chi connectivity index (χ3n) is 5.52. The van der Waals surface area contributed by atoms with Gasteiger partial charge >= 0.3 is 0 Å². The molecule has 8 heteroatoms. The number of nitrogens with one attached hydrogen (secondary N) is 2. The fourth-order valence-electron chi connectivity index (χ4n) is 3.58. The quantitative estimate of drug-likeness (QED) is 0.470. The lowest BCUT2D eigenvalue weighted by molar-refractivity contribution is 0.0946. The molecule has 1 amide bonds. The van der Waals surface area contributed by atoms with E-state index in [1.807, 2.05) is 49.4 Å². The van der Waals surface area contributed by atoms with Crippen molar-refractivity contribution in [1.29, 1.82) is 0 Å². The summed E-state index contributed by atoms with van der Waals surface area (Å²) in [6.45, 7) is 2.61. The minimum Gasteiger partial charge on any atom is -0.486 e. The molecule has 0 atom stereocenters. The summed E-state index contributed by atoms with van der Waals surface area (Å²) in [5.74, 6) is 1.73. The van der Waals surface area contributed by atoms with Crippen LogP contribution in [0.15, 0.2) is 59.4 Å². The summed E-state index contributed by atoms with van der Waals surface area (Å²) < 4.78 is 7.23. The second-order valence-electron chi connectivity index (χ2n) is 8.05. The Balaban J connectivity index is 1.38. The molecule has 8 nitrogen and oxygen atoms in total. The zero-order chi connectivity index (χ0) is 22.1. The second kappa shape index (κ2) is 8.30. The smallest absolute Gasteiger partial charge is 0.274 e. The normalized spacial score (nSPS) is 13.3. The van der Waals surface area contributed by atoms with Gasteiger partial charge in [0.25, 0.3) is 17.2 Å². The van der Waals surface area contributed by atoms with Crippen LogP contribution in [-0.2, 0) is 6.61 Å². The lowest BCUT2D eigenvalue weighted by atomic mass is 10.1.